The van der Waals surface area contributed by atoms with Crippen LogP contribution in [0.3, 0.4) is 0 Å². The maximum atomic E-state index is 15.1. The Morgan fingerprint density at radius 2 is 1.37 bits per heavy atom. The van der Waals surface area contributed by atoms with Crippen LogP contribution in [-0.4, -0.2) is 29.8 Å². The number of amides is 2. The SMILES string of the molecule is C[C@H](NC(=O)C1(c2ccccc2)CCN(C(=O)c2c(F)cccc2-c2ccccc2)CC1)c1ccccc1. The number of benzene rings is 4. The second-order valence-corrected chi connectivity index (χ2v) is 9.87. The molecule has 5 rings (SSSR count). The number of carbonyl (C=O) groups is 2. The molecule has 4 nitrogen and oxygen atoms in total. The fraction of sp³-hybridized carbons (Fsp3) is 0.212. The van der Waals surface area contributed by atoms with Crippen molar-refractivity contribution < 1.29 is 14.0 Å². The molecule has 2 amide bonds. The maximum Gasteiger partial charge on any atom is 0.257 e. The monoisotopic (exact) mass is 506 g/mol. The Kier molecular flexibility index (Phi) is 7.36. The molecule has 0 unspecified atom stereocenters. The number of likely N-dealkylation sites (tertiary alicyclic amines) is 1. The molecule has 1 atom stereocenters. The van der Waals surface area contributed by atoms with Gasteiger partial charge in [0.05, 0.1) is 17.0 Å². The van der Waals surface area contributed by atoms with Gasteiger partial charge in [-0.15, -0.1) is 0 Å². The Morgan fingerprint density at radius 3 is 2.00 bits per heavy atom. The lowest BCUT2D eigenvalue weighted by Gasteiger charge is -2.41. The highest BCUT2D eigenvalue weighted by atomic mass is 19.1. The number of carbonyl (C=O) groups excluding carboxylic acids is 2. The highest BCUT2D eigenvalue weighted by Crippen LogP contribution is 2.38. The topological polar surface area (TPSA) is 49.4 Å². The van der Waals surface area contributed by atoms with E-state index in [4.69, 9.17) is 0 Å². The summed E-state index contributed by atoms with van der Waals surface area (Å²) in [5.74, 6) is -0.935. The van der Waals surface area contributed by atoms with E-state index < -0.39 is 11.2 Å². The molecule has 4 aromatic rings. The molecule has 0 saturated carbocycles. The molecule has 1 heterocycles. The lowest BCUT2D eigenvalue weighted by Crippen LogP contribution is -2.53. The van der Waals surface area contributed by atoms with Gasteiger partial charge in [0.25, 0.3) is 5.91 Å². The average molecular weight is 507 g/mol. The lowest BCUT2D eigenvalue weighted by atomic mass is 9.71. The molecular formula is C33H31FN2O2. The number of rotatable bonds is 6. The van der Waals surface area contributed by atoms with E-state index in [1.807, 2.05) is 97.9 Å². The van der Waals surface area contributed by atoms with Gasteiger partial charge in [0.2, 0.25) is 5.91 Å². The summed E-state index contributed by atoms with van der Waals surface area (Å²) in [4.78, 5) is 29.2. The van der Waals surface area contributed by atoms with Gasteiger partial charge in [-0.1, -0.05) is 103 Å². The molecule has 1 saturated heterocycles. The van der Waals surface area contributed by atoms with Gasteiger partial charge in [0.1, 0.15) is 5.82 Å². The van der Waals surface area contributed by atoms with Crippen LogP contribution >= 0.6 is 0 Å². The standard InChI is InChI=1S/C33H31FN2O2/c1-24(25-12-5-2-6-13-25)35-32(38)33(27-16-9-4-10-17-27)20-22-36(23-21-33)31(37)30-28(18-11-19-29(30)34)26-14-7-3-8-15-26/h2-19,24H,20-23H2,1H3,(H,35,38)/t24-/m0/s1. The summed E-state index contributed by atoms with van der Waals surface area (Å²) in [6.45, 7) is 2.68. The number of piperidine rings is 1. The molecule has 1 aliphatic rings. The van der Waals surface area contributed by atoms with Gasteiger partial charge in [0, 0.05) is 13.1 Å². The minimum Gasteiger partial charge on any atom is -0.349 e. The molecule has 0 aliphatic carbocycles. The maximum absolute atomic E-state index is 15.1. The summed E-state index contributed by atoms with van der Waals surface area (Å²) < 4.78 is 15.1. The van der Waals surface area contributed by atoms with Crippen LogP contribution in [0.15, 0.2) is 109 Å². The lowest BCUT2D eigenvalue weighted by molar-refractivity contribution is -0.129. The van der Waals surface area contributed by atoms with Crippen LogP contribution in [0.1, 0.15) is 47.3 Å². The molecule has 0 spiro atoms. The second kappa shape index (κ2) is 11.0. The molecule has 4 aromatic carbocycles. The largest absolute Gasteiger partial charge is 0.349 e. The molecule has 192 valence electrons. The summed E-state index contributed by atoms with van der Waals surface area (Å²) in [6, 6.07) is 33.6. The van der Waals surface area contributed by atoms with Gasteiger partial charge in [-0.2, -0.15) is 0 Å². The summed E-state index contributed by atoms with van der Waals surface area (Å²) in [5, 5.41) is 3.22. The highest BCUT2D eigenvalue weighted by molar-refractivity contribution is 6.01. The summed E-state index contributed by atoms with van der Waals surface area (Å²) in [5.41, 5.74) is 2.63. The minimum atomic E-state index is -0.779. The van der Waals surface area contributed by atoms with Gasteiger partial charge in [0.15, 0.2) is 0 Å². The van der Waals surface area contributed by atoms with Crippen LogP contribution in [0.2, 0.25) is 0 Å². The second-order valence-electron chi connectivity index (χ2n) is 9.87. The number of hydrogen-bond acceptors (Lipinski definition) is 2. The van der Waals surface area contributed by atoms with Crippen molar-refractivity contribution in [3.05, 3.63) is 132 Å². The third-order valence-electron chi connectivity index (χ3n) is 7.62. The van der Waals surface area contributed by atoms with E-state index in [0.29, 0.717) is 31.5 Å². The quantitative estimate of drug-likeness (QED) is 0.323. The fourth-order valence-electron chi connectivity index (χ4n) is 5.41. The number of nitrogens with zero attached hydrogens (tertiary/aromatic N) is 1. The Morgan fingerprint density at radius 1 is 0.789 bits per heavy atom. The number of hydrogen-bond donors (Lipinski definition) is 1. The number of nitrogens with one attached hydrogen (secondary N) is 1. The Balaban J connectivity index is 1.40. The fourth-order valence-corrected chi connectivity index (χ4v) is 5.41. The zero-order valence-corrected chi connectivity index (χ0v) is 21.4. The van der Waals surface area contributed by atoms with E-state index in [9.17, 15) is 9.59 Å². The van der Waals surface area contributed by atoms with Crippen LogP contribution in [0, 0.1) is 5.82 Å². The van der Waals surface area contributed by atoms with Crippen molar-refractivity contribution >= 4 is 11.8 Å². The van der Waals surface area contributed by atoms with E-state index in [1.54, 1.807) is 17.0 Å². The van der Waals surface area contributed by atoms with E-state index in [-0.39, 0.29) is 23.4 Å². The zero-order valence-electron chi connectivity index (χ0n) is 21.4. The molecule has 0 radical (unpaired) electrons. The molecule has 1 aliphatic heterocycles. The van der Waals surface area contributed by atoms with Crippen molar-refractivity contribution in [2.75, 3.05) is 13.1 Å². The summed E-state index contributed by atoms with van der Waals surface area (Å²) in [7, 11) is 0. The molecule has 5 heteroatoms. The van der Waals surface area contributed by atoms with Crippen LogP contribution in [0.4, 0.5) is 4.39 Å². The average Bonchev–Trinajstić information content (AvgIpc) is 2.98. The Hall–Kier alpha value is -4.25. The minimum absolute atomic E-state index is 0.0528. The van der Waals surface area contributed by atoms with Gasteiger partial charge < -0.3 is 10.2 Å². The Bertz CT molecular complexity index is 1400. The third kappa shape index (κ3) is 4.97. The molecule has 0 aromatic heterocycles. The molecule has 38 heavy (non-hydrogen) atoms. The van der Waals surface area contributed by atoms with E-state index in [2.05, 4.69) is 5.32 Å². The first-order chi connectivity index (χ1) is 18.5. The molecule has 1 N–H and O–H groups in total. The molecule has 1 fully saturated rings. The summed E-state index contributed by atoms with van der Waals surface area (Å²) in [6.07, 6.45) is 0.899. The van der Waals surface area contributed by atoms with Crippen molar-refractivity contribution in [3.63, 3.8) is 0 Å². The smallest absolute Gasteiger partial charge is 0.257 e. The predicted octanol–water partition coefficient (Wildman–Crippen LogP) is 6.54. The highest BCUT2D eigenvalue weighted by Gasteiger charge is 2.44. The van der Waals surface area contributed by atoms with Crippen molar-refractivity contribution in [3.8, 4) is 11.1 Å². The zero-order chi connectivity index (χ0) is 26.5. The van der Waals surface area contributed by atoms with Gasteiger partial charge >= 0.3 is 0 Å². The first-order valence-electron chi connectivity index (χ1n) is 13.0. The number of halogens is 1. The predicted molar refractivity (Wildman–Crippen MR) is 148 cm³/mol. The first-order valence-corrected chi connectivity index (χ1v) is 13.0. The van der Waals surface area contributed by atoms with Crippen LogP contribution in [-0.2, 0) is 10.2 Å². The van der Waals surface area contributed by atoms with Crippen LogP contribution < -0.4 is 5.32 Å². The summed E-state index contributed by atoms with van der Waals surface area (Å²) >= 11 is 0. The first kappa shape index (κ1) is 25.4. The van der Waals surface area contributed by atoms with Crippen LogP contribution in [0.5, 0.6) is 0 Å². The Labute approximate surface area is 223 Å². The van der Waals surface area contributed by atoms with E-state index in [1.165, 1.54) is 6.07 Å². The molecule has 0 bridgehead atoms. The third-order valence-corrected chi connectivity index (χ3v) is 7.62. The van der Waals surface area contributed by atoms with Crippen molar-refractivity contribution in [1.29, 1.82) is 0 Å². The normalized spacial score (nSPS) is 15.5. The van der Waals surface area contributed by atoms with Crippen molar-refractivity contribution in [2.45, 2.75) is 31.2 Å². The van der Waals surface area contributed by atoms with Crippen LogP contribution in [0.25, 0.3) is 11.1 Å². The van der Waals surface area contributed by atoms with E-state index >= 15 is 4.39 Å². The van der Waals surface area contributed by atoms with Crippen molar-refractivity contribution in [1.82, 2.24) is 10.2 Å². The van der Waals surface area contributed by atoms with Crippen molar-refractivity contribution in [2.24, 2.45) is 0 Å². The molecular weight excluding hydrogens is 475 g/mol. The van der Waals surface area contributed by atoms with Gasteiger partial charge in [-0.05, 0) is 48.1 Å². The van der Waals surface area contributed by atoms with Gasteiger partial charge in [-0.3, -0.25) is 9.59 Å². The van der Waals surface area contributed by atoms with Gasteiger partial charge in [-0.25, -0.2) is 4.39 Å². The van der Waals surface area contributed by atoms with E-state index in [0.717, 1.165) is 16.7 Å².